The Balaban J connectivity index is 3.35. The molecule has 0 aromatic heterocycles. The number of sulfonamides is 1. The minimum Gasteiger partial charge on any atom is -0.207 e. The lowest BCUT2D eigenvalue weighted by molar-refractivity contribution is 0.495. The highest BCUT2D eigenvalue weighted by atomic mass is 79.9. The summed E-state index contributed by atoms with van der Waals surface area (Å²) in [5.74, 6) is 0. The molecule has 4 nitrogen and oxygen atoms in total. The fraction of sp³-hybridized carbons (Fsp3) is 0.364. The van der Waals surface area contributed by atoms with Crippen LogP contribution in [0.25, 0.3) is 0 Å². The lowest BCUT2D eigenvalue weighted by Gasteiger charge is -2.21. The van der Waals surface area contributed by atoms with Crippen molar-refractivity contribution < 1.29 is 8.42 Å². The maximum absolute atomic E-state index is 12.3. The molecule has 1 N–H and O–H groups in total. The molecule has 1 atom stereocenters. The zero-order chi connectivity index (χ0) is 14.8. The Labute approximate surface area is 130 Å². The zero-order valence-electron chi connectivity index (χ0n) is 10.2. The normalized spacial score (nSPS) is 14.7. The first-order valence-electron chi connectivity index (χ1n) is 5.25. The van der Waals surface area contributed by atoms with Crippen LogP contribution < -0.4 is 4.72 Å². The summed E-state index contributed by atoms with van der Waals surface area (Å²) in [6.45, 7) is 3.20. The molecule has 0 amide bonds. The van der Waals surface area contributed by atoms with Gasteiger partial charge in [0, 0.05) is 4.47 Å². The van der Waals surface area contributed by atoms with Gasteiger partial charge in [-0.1, -0.05) is 46.1 Å². The van der Waals surface area contributed by atoms with Gasteiger partial charge in [0.2, 0.25) is 10.0 Å². The molecule has 104 valence electrons. The quantitative estimate of drug-likeness (QED) is 0.858. The van der Waals surface area contributed by atoms with E-state index < -0.39 is 15.6 Å². The van der Waals surface area contributed by atoms with E-state index in [0.29, 0.717) is 10.9 Å². The minimum absolute atomic E-state index is 0.0109. The molecule has 1 rings (SSSR count). The Kier molecular flexibility index (Phi) is 5.27. The van der Waals surface area contributed by atoms with Crippen molar-refractivity contribution in [1.82, 2.24) is 4.72 Å². The lowest BCUT2D eigenvalue weighted by Crippen LogP contribution is -2.44. The van der Waals surface area contributed by atoms with Crippen LogP contribution in [0.1, 0.15) is 20.3 Å². The average molecular weight is 386 g/mol. The first kappa shape index (κ1) is 16.7. The number of benzene rings is 1. The van der Waals surface area contributed by atoms with Gasteiger partial charge < -0.3 is 0 Å². The summed E-state index contributed by atoms with van der Waals surface area (Å²) in [4.78, 5) is -0.228. The predicted octanol–water partition coefficient (Wildman–Crippen LogP) is 3.73. The number of nitrogens with zero attached hydrogens (tertiary/aromatic N) is 1. The number of nitriles is 1. The van der Waals surface area contributed by atoms with Crippen molar-refractivity contribution in [1.29, 1.82) is 5.26 Å². The highest BCUT2D eigenvalue weighted by molar-refractivity contribution is 9.10. The molecule has 1 unspecified atom stereocenters. The number of halogens is 3. The van der Waals surface area contributed by atoms with Crippen LogP contribution in [-0.2, 0) is 10.0 Å². The average Bonchev–Trinajstić information content (AvgIpc) is 2.26. The molecule has 0 saturated heterocycles. The van der Waals surface area contributed by atoms with Crippen molar-refractivity contribution in [3.63, 3.8) is 0 Å². The third-order valence-corrected chi connectivity index (χ3v) is 5.52. The Morgan fingerprint density at radius 1 is 1.42 bits per heavy atom. The number of hydrogen-bond donors (Lipinski definition) is 1. The fourth-order valence-corrected chi connectivity index (χ4v) is 4.64. The van der Waals surface area contributed by atoms with Crippen molar-refractivity contribution in [3.05, 3.63) is 26.7 Å². The van der Waals surface area contributed by atoms with Gasteiger partial charge in [0.05, 0.1) is 16.1 Å². The summed E-state index contributed by atoms with van der Waals surface area (Å²) in [6, 6.07) is 4.78. The van der Waals surface area contributed by atoms with Gasteiger partial charge in [-0.3, -0.25) is 0 Å². The van der Waals surface area contributed by atoms with E-state index in [1.54, 1.807) is 6.92 Å². The van der Waals surface area contributed by atoms with Crippen molar-refractivity contribution in [2.24, 2.45) is 0 Å². The summed E-state index contributed by atoms with van der Waals surface area (Å²) in [5, 5.41) is 9.01. The van der Waals surface area contributed by atoms with Crippen LogP contribution >= 0.6 is 39.1 Å². The Morgan fingerprint density at radius 3 is 2.26 bits per heavy atom. The molecule has 0 spiro atoms. The second-order valence-electron chi connectivity index (χ2n) is 4.10. The smallest absolute Gasteiger partial charge is 0.207 e. The molecule has 0 saturated carbocycles. The summed E-state index contributed by atoms with van der Waals surface area (Å²) in [6.07, 6.45) is 0.314. The van der Waals surface area contributed by atoms with E-state index in [1.807, 2.05) is 6.07 Å². The van der Waals surface area contributed by atoms with Gasteiger partial charge in [0.15, 0.2) is 0 Å². The predicted molar refractivity (Wildman–Crippen MR) is 78.8 cm³/mol. The second kappa shape index (κ2) is 5.98. The molecular weight excluding hydrogens is 375 g/mol. The molecule has 0 fully saturated rings. The molecule has 0 aliphatic carbocycles. The minimum atomic E-state index is -3.98. The first-order chi connectivity index (χ1) is 8.65. The maximum atomic E-state index is 12.3. The molecule has 1 aromatic carbocycles. The van der Waals surface area contributed by atoms with Crippen molar-refractivity contribution >= 4 is 49.2 Å². The summed E-state index contributed by atoms with van der Waals surface area (Å²) in [7, 11) is -3.98. The maximum Gasteiger partial charge on any atom is 0.244 e. The van der Waals surface area contributed by atoms with Crippen molar-refractivity contribution in [2.45, 2.75) is 30.7 Å². The third-order valence-electron chi connectivity index (χ3n) is 2.55. The van der Waals surface area contributed by atoms with E-state index in [4.69, 9.17) is 28.5 Å². The fourth-order valence-electron chi connectivity index (χ4n) is 1.31. The molecule has 0 bridgehead atoms. The number of nitrogens with one attached hydrogen (secondary N) is 1. The molecular formula is C11H11BrCl2N2O2S. The largest absolute Gasteiger partial charge is 0.244 e. The summed E-state index contributed by atoms with van der Waals surface area (Å²) < 4.78 is 27.4. The standard InChI is InChI=1S/C11H11BrCl2N2O2S/c1-3-11(2,6-15)16-19(17,18)10-8(13)4-7(12)5-9(10)14/h4-5,16H,3H2,1-2H3. The molecule has 0 aliphatic heterocycles. The second-order valence-corrected chi connectivity index (χ2v) is 7.45. The SMILES string of the molecule is CCC(C)(C#N)NS(=O)(=O)c1c(Cl)cc(Br)cc1Cl. The van der Waals surface area contributed by atoms with Gasteiger partial charge in [-0.15, -0.1) is 0 Å². The van der Waals surface area contributed by atoms with E-state index in [-0.39, 0.29) is 14.9 Å². The molecule has 0 radical (unpaired) electrons. The Morgan fingerprint density at radius 2 is 1.89 bits per heavy atom. The van der Waals surface area contributed by atoms with Crippen LogP contribution in [0.15, 0.2) is 21.5 Å². The van der Waals surface area contributed by atoms with Gasteiger partial charge in [-0.2, -0.15) is 9.98 Å². The van der Waals surface area contributed by atoms with Crippen LogP contribution in [0.2, 0.25) is 10.0 Å². The first-order valence-corrected chi connectivity index (χ1v) is 8.28. The van der Waals surface area contributed by atoms with E-state index in [0.717, 1.165) is 0 Å². The molecule has 0 aliphatic rings. The molecule has 8 heteroatoms. The van der Waals surface area contributed by atoms with Crippen LogP contribution in [-0.4, -0.2) is 14.0 Å². The van der Waals surface area contributed by atoms with Gasteiger partial charge in [-0.05, 0) is 25.5 Å². The van der Waals surface area contributed by atoms with Gasteiger partial charge >= 0.3 is 0 Å². The topological polar surface area (TPSA) is 70.0 Å². The van der Waals surface area contributed by atoms with Gasteiger partial charge in [0.1, 0.15) is 10.4 Å². The van der Waals surface area contributed by atoms with Crippen LogP contribution in [0, 0.1) is 11.3 Å². The van der Waals surface area contributed by atoms with Gasteiger partial charge in [0.25, 0.3) is 0 Å². The highest BCUT2D eigenvalue weighted by Gasteiger charge is 2.31. The lowest BCUT2D eigenvalue weighted by atomic mass is 10.0. The monoisotopic (exact) mass is 384 g/mol. The Bertz CT molecular complexity index is 620. The zero-order valence-corrected chi connectivity index (χ0v) is 14.1. The van der Waals surface area contributed by atoms with Crippen molar-refractivity contribution in [2.75, 3.05) is 0 Å². The van der Waals surface area contributed by atoms with E-state index in [9.17, 15) is 8.42 Å². The number of rotatable bonds is 4. The van der Waals surface area contributed by atoms with E-state index in [2.05, 4.69) is 20.7 Å². The van der Waals surface area contributed by atoms with Crippen LogP contribution in [0.4, 0.5) is 0 Å². The van der Waals surface area contributed by atoms with E-state index in [1.165, 1.54) is 19.1 Å². The molecule has 19 heavy (non-hydrogen) atoms. The third kappa shape index (κ3) is 3.83. The molecule has 1 aromatic rings. The van der Waals surface area contributed by atoms with Crippen LogP contribution in [0.3, 0.4) is 0 Å². The van der Waals surface area contributed by atoms with E-state index >= 15 is 0 Å². The van der Waals surface area contributed by atoms with Crippen LogP contribution in [0.5, 0.6) is 0 Å². The summed E-state index contributed by atoms with van der Waals surface area (Å²) >= 11 is 15.0. The highest BCUT2D eigenvalue weighted by Crippen LogP contribution is 2.33. The number of hydrogen-bond acceptors (Lipinski definition) is 3. The summed E-state index contributed by atoms with van der Waals surface area (Å²) in [5.41, 5.74) is -1.21. The van der Waals surface area contributed by atoms with Crippen molar-refractivity contribution in [3.8, 4) is 6.07 Å². The molecule has 0 heterocycles. The Hall–Kier alpha value is -0.320. The van der Waals surface area contributed by atoms with Gasteiger partial charge in [-0.25, -0.2) is 8.42 Å².